The molecule has 0 atom stereocenters. The lowest BCUT2D eigenvalue weighted by Crippen LogP contribution is -2.43. The maximum Gasteiger partial charge on any atom is 0.224 e. The van der Waals surface area contributed by atoms with Gasteiger partial charge in [0.15, 0.2) is 0 Å². The molecular formula is C11H12BrClN2O. The van der Waals surface area contributed by atoms with Crippen LogP contribution in [0.15, 0.2) is 22.7 Å². The number of hydrogen-bond acceptors (Lipinski definition) is 2. The molecule has 0 bridgehead atoms. The summed E-state index contributed by atoms with van der Waals surface area (Å²) in [5, 5.41) is 6.52. The van der Waals surface area contributed by atoms with Crippen LogP contribution in [0.3, 0.4) is 0 Å². The molecule has 0 aliphatic carbocycles. The summed E-state index contributed by atoms with van der Waals surface area (Å²) in [6, 6.07) is 5.40. The number of carbonyl (C=O) groups is 1. The third kappa shape index (κ3) is 2.97. The Kier molecular flexibility index (Phi) is 3.84. The van der Waals surface area contributed by atoms with Crippen molar-refractivity contribution < 1.29 is 4.79 Å². The van der Waals surface area contributed by atoms with Crippen LogP contribution in [0, 0.1) is 5.92 Å². The van der Waals surface area contributed by atoms with Crippen LogP contribution >= 0.6 is 27.5 Å². The highest BCUT2D eigenvalue weighted by Gasteiger charge is 2.20. The summed E-state index contributed by atoms with van der Waals surface area (Å²) in [4.78, 5) is 11.7. The van der Waals surface area contributed by atoms with E-state index in [0.29, 0.717) is 23.0 Å². The van der Waals surface area contributed by atoms with Gasteiger partial charge in [-0.3, -0.25) is 4.79 Å². The second-order valence-electron chi connectivity index (χ2n) is 3.90. The monoisotopic (exact) mass is 302 g/mol. The van der Waals surface area contributed by atoms with E-state index in [2.05, 4.69) is 26.6 Å². The number of nitrogens with one attached hydrogen (secondary N) is 2. The van der Waals surface area contributed by atoms with E-state index < -0.39 is 0 Å². The molecule has 2 rings (SSSR count). The molecule has 0 radical (unpaired) electrons. The third-order valence-electron chi connectivity index (χ3n) is 2.54. The Balaban J connectivity index is 1.96. The van der Waals surface area contributed by atoms with E-state index in [1.54, 1.807) is 12.1 Å². The van der Waals surface area contributed by atoms with Gasteiger partial charge < -0.3 is 10.6 Å². The number of benzene rings is 1. The fraction of sp³-hybridized carbons (Fsp3) is 0.364. The van der Waals surface area contributed by atoms with Crippen LogP contribution in [0.2, 0.25) is 5.02 Å². The van der Waals surface area contributed by atoms with Crippen molar-refractivity contribution in [1.29, 1.82) is 0 Å². The number of hydrogen-bond donors (Lipinski definition) is 2. The smallest absolute Gasteiger partial charge is 0.224 e. The Morgan fingerprint density at radius 1 is 1.56 bits per heavy atom. The van der Waals surface area contributed by atoms with Gasteiger partial charge in [0.05, 0.1) is 10.7 Å². The first-order valence-electron chi connectivity index (χ1n) is 5.11. The summed E-state index contributed by atoms with van der Waals surface area (Å²) in [5.41, 5.74) is 0.660. The van der Waals surface area contributed by atoms with Crippen LogP contribution in [0.1, 0.15) is 6.42 Å². The maximum atomic E-state index is 11.7. The molecule has 16 heavy (non-hydrogen) atoms. The number of carbonyl (C=O) groups excluding carboxylic acids is 1. The molecule has 1 saturated heterocycles. The standard InChI is InChI=1S/C11H12BrClN2O/c12-8-1-2-9(13)10(4-8)15-11(16)3-7-5-14-6-7/h1-2,4,7,14H,3,5-6H2,(H,15,16). The average Bonchev–Trinajstić information content (AvgIpc) is 2.18. The number of halogens is 2. The van der Waals surface area contributed by atoms with Crippen LogP contribution < -0.4 is 10.6 Å². The Bertz CT molecular complexity index is 407. The van der Waals surface area contributed by atoms with Crippen LogP contribution in [0.25, 0.3) is 0 Å². The molecule has 1 aromatic carbocycles. The number of anilines is 1. The highest BCUT2D eigenvalue weighted by molar-refractivity contribution is 9.10. The summed E-state index contributed by atoms with van der Waals surface area (Å²) in [7, 11) is 0. The molecule has 2 N–H and O–H groups in total. The van der Waals surface area contributed by atoms with Gasteiger partial charge in [0.25, 0.3) is 0 Å². The molecule has 1 heterocycles. The number of amides is 1. The fourth-order valence-electron chi connectivity index (χ4n) is 1.55. The molecule has 1 amide bonds. The van der Waals surface area contributed by atoms with Gasteiger partial charge in [0, 0.05) is 10.9 Å². The molecular weight excluding hydrogens is 291 g/mol. The van der Waals surface area contributed by atoms with E-state index in [-0.39, 0.29) is 5.91 Å². The van der Waals surface area contributed by atoms with Gasteiger partial charge in [-0.1, -0.05) is 27.5 Å². The lowest BCUT2D eigenvalue weighted by atomic mass is 9.99. The first-order chi connectivity index (χ1) is 7.65. The van der Waals surface area contributed by atoms with E-state index in [9.17, 15) is 4.79 Å². The van der Waals surface area contributed by atoms with Crippen LogP contribution in [-0.2, 0) is 4.79 Å². The Labute approximate surface area is 108 Å². The number of rotatable bonds is 3. The zero-order valence-corrected chi connectivity index (χ0v) is 10.9. The summed E-state index contributed by atoms with van der Waals surface area (Å²) in [6.45, 7) is 1.86. The summed E-state index contributed by atoms with van der Waals surface area (Å²) in [6.07, 6.45) is 0.551. The second-order valence-corrected chi connectivity index (χ2v) is 5.22. The van der Waals surface area contributed by atoms with E-state index in [1.807, 2.05) is 6.07 Å². The second kappa shape index (κ2) is 5.17. The van der Waals surface area contributed by atoms with Gasteiger partial charge in [-0.2, -0.15) is 0 Å². The molecule has 0 spiro atoms. The van der Waals surface area contributed by atoms with Crippen molar-refractivity contribution in [2.45, 2.75) is 6.42 Å². The highest BCUT2D eigenvalue weighted by Crippen LogP contribution is 2.26. The maximum absolute atomic E-state index is 11.7. The first-order valence-corrected chi connectivity index (χ1v) is 6.28. The van der Waals surface area contributed by atoms with Gasteiger partial charge in [0.2, 0.25) is 5.91 Å². The SMILES string of the molecule is O=C(CC1CNC1)Nc1cc(Br)ccc1Cl. The quantitative estimate of drug-likeness (QED) is 0.901. The van der Waals surface area contributed by atoms with Gasteiger partial charge in [-0.25, -0.2) is 0 Å². The Morgan fingerprint density at radius 3 is 2.94 bits per heavy atom. The van der Waals surface area contributed by atoms with Crippen molar-refractivity contribution in [3.63, 3.8) is 0 Å². The van der Waals surface area contributed by atoms with Crippen LogP contribution in [-0.4, -0.2) is 19.0 Å². The van der Waals surface area contributed by atoms with Gasteiger partial charge in [-0.15, -0.1) is 0 Å². The molecule has 1 aliphatic heterocycles. The minimum atomic E-state index is 0.0199. The zero-order chi connectivity index (χ0) is 11.5. The average molecular weight is 304 g/mol. The molecule has 1 aromatic rings. The minimum Gasteiger partial charge on any atom is -0.325 e. The van der Waals surface area contributed by atoms with E-state index >= 15 is 0 Å². The highest BCUT2D eigenvalue weighted by atomic mass is 79.9. The largest absolute Gasteiger partial charge is 0.325 e. The van der Waals surface area contributed by atoms with E-state index in [4.69, 9.17) is 11.6 Å². The topological polar surface area (TPSA) is 41.1 Å². The molecule has 1 aliphatic rings. The van der Waals surface area contributed by atoms with Crippen molar-refractivity contribution in [3.8, 4) is 0 Å². The lowest BCUT2D eigenvalue weighted by Gasteiger charge is -2.26. The molecule has 3 nitrogen and oxygen atoms in total. The molecule has 0 aromatic heterocycles. The van der Waals surface area contributed by atoms with Crippen molar-refractivity contribution in [2.24, 2.45) is 5.92 Å². The predicted octanol–water partition coefficient (Wildman–Crippen LogP) is 2.65. The molecule has 0 saturated carbocycles. The Hall–Kier alpha value is -0.580. The van der Waals surface area contributed by atoms with E-state index in [1.165, 1.54) is 0 Å². The molecule has 86 valence electrons. The van der Waals surface area contributed by atoms with Crippen LogP contribution in [0.5, 0.6) is 0 Å². The fourth-order valence-corrected chi connectivity index (χ4v) is 2.08. The molecule has 1 fully saturated rings. The van der Waals surface area contributed by atoms with Crippen molar-refractivity contribution in [1.82, 2.24) is 5.32 Å². The first kappa shape index (κ1) is 11.9. The molecule has 5 heteroatoms. The predicted molar refractivity (Wildman–Crippen MR) is 68.8 cm³/mol. The Morgan fingerprint density at radius 2 is 2.31 bits per heavy atom. The van der Waals surface area contributed by atoms with Gasteiger partial charge >= 0.3 is 0 Å². The van der Waals surface area contributed by atoms with Crippen molar-refractivity contribution in [2.75, 3.05) is 18.4 Å². The van der Waals surface area contributed by atoms with E-state index in [0.717, 1.165) is 17.6 Å². The summed E-state index contributed by atoms with van der Waals surface area (Å²) < 4.78 is 0.900. The zero-order valence-electron chi connectivity index (χ0n) is 8.59. The van der Waals surface area contributed by atoms with Crippen LogP contribution in [0.4, 0.5) is 5.69 Å². The minimum absolute atomic E-state index is 0.0199. The molecule has 0 unspecified atom stereocenters. The van der Waals surface area contributed by atoms with Crippen molar-refractivity contribution in [3.05, 3.63) is 27.7 Å². The van der Waals surface area contributed by atoms with Gasteiger partial charge in [0.1, 0.15) is 0 Å². The summed E-state index contributed by atoms with van der Waals surface area (Å²) in [5.74, 6) is 0.484. The van der Waals surface area contributed by atoms with Gasteiger partial charge in [-0.05, 0) is 37.2 Å². The normalized spacial score (nSPS) is 15.6. The summed E-state index contributed by atoms with van der Waals surface area (Å²) >= 11 is 9.32. The lowest BCUT2D eigenvalue weighted by molar-refractivity contribution is -0.117. The van der Waals surface area contributed by atoms with Crippen molar-refractivity contribution >= 4 is 39.1 Å². The third-order valence-corrected chi connectivity index (χ3v) is 3.37.